The molecular weight excluding hydrogens is 216 g/mol. The first-order valence-corrected chi connectivity index (χ1v) is 7.06. The second-order valence-electron chi connectivity index (χ2n) is 4.25. The Balaban J connectivity index is 2.14. The van der Waals surface area contributed by atoms with Crippen LogP contribution in [0, 0.1) is 0 Å². The van der Waals surface area contributed by atoms with Gasteiger partial charge in [0.1, 0.15) is 5.25 Å². The van der Waals surface area contributed by atoms with Gasteiger partial charge in [-0.1, -0.05) is 0 Å². The molecule has 15 heavy (non-hydrogen) atoms. The summed E-state index contributed by atoms with van der Waals surface area (Å²) in [7, 11) is -3.24. The van der Waals surface area contributed by atoms with Crippen LogP contribution in [-0.4, -0.2) is 37.9 Å². The van der Waals surface area contributed by atoms with Crippen LogP contribution in [0.4, 0.5) is 0 Å². The minimum atomic E-state index is -3.24. The Labute approximate surface area is 89.9 Å². The predicted octanol–water partition coefficient (Wildman–Crippen LogP) is 0.702. The summed E-state index contributed by atoms with van der Waals surface area (Å²) >= 11 is 0. The lowest BCUT2D eigenvalue weighted by molar-refractivity contribution is -0.117. The topological polar surface area (TPSA) is 60.4 Å². The summed E-state index contributed by atoms with van der Waals surface area (Å²) in [5.41, 5.74) is 0. The predicted molar refractivity (Wildman–Crippen MR) is 55.4 cm³/mol. The molecule has 0 radical (unpaired) electrons. The maximum Gasteiger partial charge on any atom is 0.163 e. The molecule has 0 aromatic heterocycles. The van der Waals surface area contributed by atoms with E-state index in [9.17, 15) is 13.2 Å². The highest BCUT2D eigenvalue weighted by atomic mass is 32.2. The lowest BCUT2D eigenvalue weighted by Gasteiger charge is -2.24. The van der Waals surface area contributed by atoms with E-state index >= 15 is 0 Å². The number of ether oxygens (including phenoxy) is 1. The minimum absolute atomic E-state index is 0.0820. The first kappa shape index (κ1) is 11.1. The van der Waals surface area contributed by atoms with Gasteiger partial charge in [0.05, 0.1) is 5.25 Å². The third-order valence-corrected chi connectivity index (χ3v) is 5.97. The van der Waals surface area contributed by atoms with E-state index in [1.165, 1.54) is 0 Å². The van der Waals surface area contributed by atoms with Crippen LogP contribution >= 0.6 is 0 Å². The van der Waals surface area contributed by atoms with E-state index in [0.717, 1.165) is 6.42 Å². The zero-order valence-electron chi connectivity index (χ0n) is 8.65. The summed E-state index contributed by atoms with van der Waals surface area (Å²) < 4.78 is 29.4. The summed E-state index contributed by atoms with van der Waals surface area (Å²) in [5.74, 6) is -0.0820. The van der Waals surface area contributed by atoms with Crippen molar-refractivity contribution in [3.63, 3.8) is 0 Å². The molecule has 0 amide bonds. The number of sulfone groups is 1. The Morgan fingerprint density at radius 3 is 2.33 bits per heavy atom. The van der Waals surface area contributed by atoms with E-state index in [-0.39, 0.29) is 11.0 Å². The highest BCUT2D eigenvalue weighted by Gasteiger charge is 2.41. The zero-order chi connectivity index (χ0) is 10.9. The summed E-state index contributed by atoms with van der Waals surface area (Å²) in [6.45, 7) is 1.01. The van der Waals surface area contributed by atoms with Crippen molar-refractivity contribution in [2.24, 2.45) is 0 Å². The number of carbonyl (C=O) groups is 1. The number of Topliss-reactive ketones (excluding diaryl/α,β-unsaturated/α-hetero) is 1. The summed E-state index contributed by atoms with van der Waals surface area (Å²) in [6.07, 6.45) is 2.79. The largest absolute Gasteiger partial charge is 0.381 e. The highest BCUT2D eigenvalue weighted by molar-refractivity contribution is 7.93. The Kier molecular flexibility index (Phi) is 3.11. The van der Waals surface area contributed by atoms with Crippen molar-refractivity contribution in [1.82, 2.24) is 0 Å². The van der Waals surface area contributed by atoms with Crippen molar-refractivity contribution in [3.05, 3.63) is 0 Å². The van der Waals surface area contributed by atoms with Gasteiger partial charge in [-0.3, -0.25) is 4.79 Å². The molecule has 2 fully saturated rings. The van der Waals surface area contributed by atoms with Gasteiger partial charge in [0.15, 0.2) is 15.6 Å². The molecule has 1 aliphatic heterocycles. The molecule has 0 aromatic rings. The Morgan fingerprint density at radius 1 is 1.13 bits per heavy atom. The fourth-order valence-electron chi connectivity index (χ4n) is 2.37. The zero-order valence-corrected chi connectivity index (χ0v) is 9.46. The lowest BCUT2D eigenvalue weighted by atomic mass is 10.2. The smallest absolute Gasteiger partial charge is 0.163 e. The van der Waals surface area contributed by atoms with Crippen LogP contribution in [0.1, 0.15) is 32.1 Å². The molecule has 0 N–H and O–H groups in total. The summed E-state index contributed by atoms with van der Waals surface area (Å²) in [5, 5.41) is -1.06. The Hall–Kier alpha value is -0.420. The standard InChI is InChI=1S/C10H16O4S/c11-9-2-1-3-10(9)15(12,13)8-4-6-14-7-5-8/h8,10H,1-7H2. The molecule has 0 aromatic carbocycles. The molecule has 5 heteroatoms. The highest BCUT2D eigenvalue weighted by Crippen LogP contribution is 2.28. The lowest BCUT2D eigenvalue weighted by Crippen LogP contribution is -2.38. The van der Waals surface area contributed by atoms with Crippen LogP contribution in [0.25, 0.3) is 0 Å². The van der Waals surface area contributed by atoms with Crippen LogP contribution in [0.2, 0.25) is 0 Å². The summed E-state index contributed by atoms with van der Waals surface area (Å²) in [6, 6.07) is 0. The molecule has 4 nitrogen and oxygen atoms in total. The molecule has 86 valence electrons. The van der Waals surface area contributed by atoms with E-state index in [2.05, 4.69) is 0 Å². The van der Waals surface area contributed by atoms with Gasteiger partial charge in [0.2, 0.25) is 0 Å². The maximum atomic E-state index is 12.1. The first-order chi connectivity index (χ1) is 7.12. The van der Waals surface area contributed by atoms with Gasteiger partial charge in [-0.2, -0.15) is 0 Å². The quantitative estimate of drug-likeness (QED) is 0.703. The number of hydrogen-bond donors (Lipinski definition) is 0. The molecule has 1 unspecified atom stereocenters. The fraction of sp³-hybridized carbons (Fsp3) is 0.900. The average molecular weight is 232 g/mol. The van der Waals surface area contributed by atoms with Gasteiger partial charge < -0.3 is 4.74 Å². The van der Waals surface area contributed by atoms with Crippen LogP contribution in [0.5, 0.6) is 0 Å². The van der Waals surface area contributed by atoms with Gasteiger partial charge in [0, 0.05) is 19.6 Å². The third-order valence-electron chi connectivity index (χ3n) is 3.28. The molecule has 0 bridgehead atoms. The molecule has 1 saturated carbocycles. The van der Waals surface area contributed by atoms with Crippen molar-refractivity contribution in [1.29, 1.82) is 0 Å². The van der Waals surface area contributed by atoms with Gasteiger partial charge >= 0.3 is 0 Å². The van der Waals surface area contributed by atoms with Crippen LogP contribution < -0.4 is 0 Å². The SMILES string of the molecule is O=C1CCCC1S(=O)(=O)C1CCOCC1. The second-order valence-corrected chi connectivity index (χ2v) is 6.66. The fourth-order valence-corrected chi connectivity index (χ4v) is 4.66. The van der Waals surface area contributed by atoms with Gasteiger partial charge in [0.25, 0.3) is 0 Å². The molecular formula is C10H16O4S. The van der Waals surface area contributed by atoms with E-state index in [1.807, 2.05) is 0 Å². The Morgan fingerprint density at radius 2 is 1.80 bits per heavy atom. The second kappa shape index (κ2) is 4.22. The van der Waals surface area contributed by atoms with E-state index in [1.54, 1.807) is 0 Å². The molecule has 1 heterocycles. The average Bonchev–Trinajstić information content (AvgIpc) is 2.66. The summed E-state index contributed by atoms with van der Waals surface area (Å²) in [4.78, 5) is 11.5. The van der Waals surface area contributed by atoms with E-state index < -0.39 is 15.1 Å². The third kappa shape index (κ3) is 2.08. The van der Waals surface area contributed by atoms with E-state index in [4.69, 9.17) is 4.74 Å². The molecule has 2 aliphatic rings. The molecule has 1 aliphatic carbocycles. The van der Waals surface area contributed by atoms with Gasteiger partial charge in [-0.25, -0.2) is 8.42 Å². The Bertz CT molecular complexity index is 340. The molecule has 1 atom stereocenters. The van der Waals surface area contributed by atoms with Crippen LogP contribution in [-0.2, 0) is 19.4 Å². The van der Waals surface area contributed by atoms with Crippen molar-refractivity contribution in [2.75, 3.05) is 13.2 Å². The van der Waals surface area contributed by atoms with Gasteiger partial charge in [-0.05, 0) is 25.7 Å². The number of hydrogen-bond acceptors (Lipinski definition) is 4. The minimum Gasteiger partial charge on any atom is -0.381 e. The van der Waals surface area contributed by atoms with Crippen molar-refractivity contribution < 1.29 is 17.9 Å². The monoisotopic (exact) mass is 232 g/mol. The molecule has 0 spiro atoms. The normalized spacial score (nSPS) is 29.6. The van der Waals surface area contributed by atoms with Crippen molar-refractivity contribution in [3.8, 4) is 0 Å². The van der Waals surface area contributed by atoms with E-state index in [0.29, 0.717) is 38.9 Å². The maximum absolute atomic E-state index is 12.1. The molecule has 2 rings (SSSR count). The van der Waals surface area contributed by atoms with Crippen LogP contribution in [0.3, 0.4) is 0 Å². The number of carbonyl (C=O) groups excluding carboxylic acids is 1. The van der Waals surface area contributed by atoms with Crippen molar-refractivity contribution >= 4 is 15.6 Å². The van der Waals surface area contributed by atoms with Gasteiger partial charge in [-0.15, -0.1) is 0 Å². The number of rotatable bonds is 2. The first-order valence-electron chi connectivity index (χ1n) is 5.45. The van der Waals surface area contributed by atoms with Crippen molar-refractivity contribution in [2.45, 2.75) is 42.6 Å². The number of ketones is 1. The molecule has 1 saturated heterocycles. The van der Waals surface area contributed by atoms with Crippen LogP contribution in [0.15, 0.2) is 0 Å².